The van der Waals surface area contributed by atoms with Gasteiger partial charge in [0.2, 0.25) is 0 Å². The molecule has 1 aromatic heterocycles. The number of fused-ring (bicyclic) bond motifs is 2. The molecule has 0 amide bonds. The number of hydrogen-bond donors (Lipinski definition) is 1. The molecule has 4 rings (SSSR count). The number of aliphatic carboxylic acids is 1. The van der Waals surface area contributed by atoms with Gasteiger partial charge in [-0.2, -0.15) is 0 Å². The number of likely N-dealkylation sites (tertiary alicyclic amines) is 1. The molecule has 4 heteroatoms. The van der Waals surface area contributed by atoms with Crippen molar-refractivity contribution in [3.8, 4) is 0 Å². The molecule has 1 saturated carbocycles. The lowest BCUT2D eigenvalue weighted by atomic mass is 10.1. The van der Waals surface area contributed by atoms with Crippen LogP contribution < -0.4 is 0 Å². The number of carboxylic acids is 1. The van der Waals surface area contributed by atoms with Crippen molar-refractivity contribution < 1.29 is 9.90 Å². The van der Waals surface area contributed by atoms with E-state index in [0.717, 1.165) is 25.2 Å². The summed E-state index contributed by atoms with van der Waals surface area (Å²) >= 11 is 0. The number of hydrogen-bond acceptors (Lipinski definition) is 3. The monoisotopic (exact) mass is 268 g/mol. The van der Waals surface area contributed by atoms with Crippen LogP contribution in [0.15, 0.2) is 36.5 Å². The van der Waals surface area contributed by atoms with Crippen molar-refractivity contribution in [2.75, 3.05) is 13.1 Å². The summed E-state index contributed by atoms with van der Waals surface area (Å²) in [6, 6.07) is 10.2. The quantitative estimate of drug-likeness (QED) is 0.925. The number of piperidine rings is 1. The van der Waals surface area contributed by atoms with E-state index in [9.17, 15) is 4.79 Å². The molecule has 1 saturated heterocycles. The van der Waals surface area contributed by atoms with Gasteiger partial charge in [0.25, 0.3) is 0 Å². The van der Waals surface area contributed by atoms with E-state index in [2.05, 4.69) is 22.0 Å². The molecule has 1 N–H and O–H groups in total. The molecule has 2 aromatic rings. The topological polar surface area (TPSA) is 53.4 Å². The summed E-state index contributed by atoms with van der Waals surface area (Å²) in [6.45, 7) is 2.72. The average molecular weight is 268 g/mol. The van der Waals surface area contributed by atoms with E-state index in [1.807, 2.05) is 24.4 Å². The number of pyridine rings is 1. The van der Waals surface area contributed by atoms with E-state index in [4.69, 9.17) is 5.11 Å². The fourth-order valence-electron chi connectivity index (χ4n) is 3.64. The molecule has 0 bridgehead atoms. The van der Waals surface area contributed by atoms with Crippen LogP contribution in [0.3, 0.4) is 0 Å². The van der Waals surface area contributed by atoms with E-state index in [1.54, 1.807) is 0 Å². The molecular weight excluding hydrogens is 252 g/mol. The Kier molecular flexibility index (Phi) is 2.54. The van der Waals surface area contributed by atoms with E-state index in [-0.39, 0.29) is 5.92 Å². The van der Waals surface area contributed by atoms with Crippen molar-refractivity contribution in [2.24, 2.45) is 17.8 Å². The standard InChI is InChI=1S/C16H16N2O2/c19-16(20)15-12-8-18(9-13(12)15)7-10-5-6-17-14-4-2-1-3-11(10)14/h1-6,12-13,15H,7-9H2,(H,19,20)/t12-,13+,15?. The zero-order valence-corrected chi connectivity index (χ0v) is 11.1. The lowest BCUT2D eigenvalue weighted by molar-refractivity contribution is -0.139. The average Bonchev–Trinajstić information content (AvgIpc) is 2.97. The van der Waals surface area contributed by atoms with Gasteiger partial charge in [0, 0.05) is 31.2 Å². The number of rotatable bonds is 3. The highest BCUT2D eigenvalue weighted by Gasteiger charge is 2.59. The van der Waals surface area contributed by atoms with Crippen LogP contribution in [-0.2, 0) is 11.3 Å². The molecule has 1 unspecified atom stereocenters. The van der Waals surface area contributed by atoms with Gasteiger partial charge >= 0.3 is 5.97 Å². The SMILES string of the molecule is O=C(O)C1[C@H]2CN(Cc3ccnc4ccccc34)C[C@@H]12. The van der Waals surface area contributed by atoms with Gasteiger partial charge in [-0.25, -0.2) is 0 Å². The summed E-state index contributed by atoms with van der Waals surface area (Å²) in [5, 5.41) is 10.2. The molecule has 4 nitrogen and oxygen atoms in total. The number of para-hydroxylation sites is 1. The highest BCUT2D eigenvalue weighted by Crippen LogP contribution is 2.52. The lowest BCUT2D eigenvalue weighted by Crippen LogP contribution is -2.25. The third-order valence-corrected chi connectivity index (χ3v) is 4.69. The van der Waals surface area contributed by atoms with Gasteiger partial charge in [0.15, 0.2) is 0 Å². The second kappa shape index (κ2) is 4.28. The Morgan fingerprint density at radius 1 is 1.25 bits per heavy atom. The number of aromatic nitrogens is 1. The molecule has 0 radical (unpaired) electrons. The van der Waals surface area contributed by atoms with Crippen molar-refractivity contribution in [2.45, 2.75) is 6.54 Å². The molecule has 102 valence electrons. The first-order valence-corrected chi connectivity index (χ1v) is 7.02. The molecule has 0 spiro atoms. The maximum atomic E-state index is 11.0. The smallest absolute Gasteiger partial charge is 0.307 e. The van der Waals surface area contributed by atoms with Crippen LogP contribution in [0, 0.1) is 17.8 Å². The van der Waals surface area contributed by atoms with Gasteiger partial charge in [0.1, 0.15) is 0 Å². The minimum atomic E-state index is -0.617. The third kappa shape index (κ3) is 1.79. The molecule has 1 aromatic carbocycles. The number of carbonyl (C=O) groups is 1. The van der Waals surface area contributed by atoms with Gasteiger partial charge in [-0.3, -0.25) is 14.7 Å². The Hall–Kier alpha value is -1.94. The predicted octanol–water partition coefficient (Wildman–Crippen LogP) is 2.00. The van der Waals surface area contributed by atoms with Gasteiger partial charge < -0.3 is 5.11 Å². The van der Waals surface area contributed by atoms with Crippen LogP contribution in [0.5, 0.6) is 0 Å². The predicted molar refractivity (Wildman–Crippen MR) is 75.1 cm³/mol. The highest BCUT2D eigenvalue weighted by atomic mass is 16.4. The Bertz CT molecular complexity index is 668. The summed E-state index contributed by atoms with van der Waals surface area (Å²) in [4.78, 5) is 17.7. The maximum Gasteiger partial charge on any atom is 0.307 e. The molecule has 1 aliphatic heterocycles. The molecular formula is C16H16N2O2. The second-order valence-corrected chi connectivity index (χ2v) is 5.87. The van der Waals surface area contributed by atoms with Crippen molar-refractivity contribution in [1.82, 2.24) is 9.88 Å². The Labute approximate surface area is 117 Å². The van der Waals surface area contributed by atoms with Gasteiger partial charge in [-0.1, -0.05) is 18.2 Å². The number of benzene rings is 1. The summed E-state index contributed by atoms with van der Waals surface area (Å²) < 4.78 is 0. The Morgan fingerprint density at radius 3 is 2.75 bits per heavy atom. The summed E-state index contributed by atoms with van der Waals surface area (Å²) in [7, 11) is 0. The van der Waals surface area contributed by atoms with E-state index in [1.165, 1.54) is 10.9 Å². The van der Waals surface area contributed by atoms with Crippen molar-refractivity contribution in [3.05, 3.63) is 42.1 Å². The third-order valence-electron chi connectivity index (χ3n) is 4.69. The van der Waals surface area contributed by atoms with Crippen LogP contribution in [0.25, 0.3) is 10.9 Å². The minimum absolute atomic E-state index is 0.0829. The molecule has 2 heterocycles. The van der Waals surface area contributed by atoms with Crippen LogP contribution in [0.1, 0.15) is 5.56 Å². The van der Waals surface area contributed by atoms with Gasteiger partial charge in [-0.05, 0) is 29.5 Å². The maximum absolute atomic E-state index is 11.0. The summed E-state index contributed by atoms with van der Waals surface area (Å²) in [6.07, 6.45) is 1.86. The summed E-state index contributed by atoms with van der Waals surface area (Å²) in [5.74, 6) is 0.0515. The Morgan fingerprint density at radius 2 is 2.00 bits per heavy atom. The molecule has 1 aliphatic carbocycles. The van der Waals surface area contributed by atoms with E-state index < -0.39 is 5.97 Å². The van der Waals surface area contributed by atoms with Gasteiger partial charge in [-0.15, -0.1) is 0 Å². The minimum Gasteiger partial charge on any atom is -0.481 e. The zero-order valence-electron chi connectivity index (χ0n) is 11.1. The first-order chi connectivity index (χ1) is 9.74. The first kappa shape index (κ1) is 11.9. The summed E-state index contributed by atoms with van der Waals surface area (Å²) in [5.41, 5.74) is 2.31. The molecule has 3 atom stereocenters. The second-order valence-electron chi connectivity index (χ2n) is 5.87. The van der Waals surface area contributed by atoms with Crippen molar-refractivity contribution in [1.29, 1.82) is 0 Å². The Balaban J connectivity index is 1.52. The van der Waals surface area contributed by atoms with E-state index in [0.29, 0.717) is 11.8 Å². The molecule has 20 heavy (non-hydrogen) atoms. The fourth-order valence-corrected chi connectivity index (χ4v) is 3.64. The van der Waals surface area contributed by atoms with Crippen LogP contribution >= 0.6 is 0 Å². The number of nitrogens with zero attached hydrogens (tertiary/aromatic N) is 2. The van der Waals surface area contributed by atoms with Crippen molar-refractivity contribution in [3.63, 3.8) is 0 Å². The van der Waals surface area contributed by atoms with E-state index >= 15 is 0 Å². The number of carboxylic acid groups (broad SMARTS) is 1. The molecule has 2 aliphatic rings. The fraction of sp³-hybridized carbons (Fsp3) is 0.375. The lowest BCUT2D eigenvalue weighted by Gasteiger charge is -2.19. The highest BCUT2D eigenvalue weighted by molar-refractivity contribution is 5.81. The van der Waals surface area contributed by atoms with Crippen LogP contribution in [0.4, 0.5) is 0 Å². The van der Waals surface area contributed by atoms with Crippen LogP contribution in [-0.4, -0.2) is 34.0 Å². The first-order valence-electron chi connectivity index (χ1n) is 7.02. The normalized spacial score (nSPS) is 28.5. The van der Waals surface area contributed by atoms with Crippen LogP contribution in [0.2, 0.25) is 0 Å². The molecule has 2 fully saturated rings. The van der Waals surface area contributed by atoms with Gasteiger partial charge in [0.05, 0.1) is 11.4 Å². The largest absolute Gasteiger partial charge is 0.481 e. The van der Waals surface area contributed by atoms with Crippen molar-refractivity contribution >= 4 is 16.9 Å². The zero-order chi connectivity index (χ0) is 13.7.